The fraction of sp³-hybridized carbons (Fsp3) is 0.571. The zero-order chi connectivity index (χ0) is 14.0. The monoisotopic (exact) mass is 272 g/mol. The molecule has 0 bridgehead atoms. The Morgan fingerprint density at radius 1 is 1.26 bits per heavy atom. The lowest BCUT2D eigenvalue weighted by molar-refractivity contribution is -0.152. The molecule has 1 saturated carbocycles. The SMILES string of the molecule is Cc1ccc(C(CN)N(CC(F)(F)F)C2CC2)cc1. The molecule has 0 spiro atoms. The van der Waals surface area contributed by atoms with Crippen LogP contribution in [0.15, 0.2) is 24.3 Å². The van der Waals surface area contributed by atoms with Crippen LogP contribution in [-0.2, 0) is 0 Å². The van der Waals surface area contributed by atoms with Crippen molar-refractivity contribution < 1.29 is 13.2 Å². The first kappa shape index (κ1) is 14.3. The number of benzene rings is 1. The van der Waals surface area contributed by atoms with E-state index in [1.165, 1.54) is 4.90 Å². The normalized spacial score (nSPS) is 17.8. The van der Waals surface area contributed by atoms with Gasteiger partial charge in [-0.3, -0.25) is 4.90 Å². The Hall–Kier alpha value is -1.07. The van der Waals surface area contributed by atoms with E-state index in [0.29, 0.717) is 0 Å². The van der Waals surface area contributed by atoms with Crippen LogP contribution in [0.25, 0.3) is 0 Å². The van der Waals surface area contributed by atoms with E-state index in [4.69, 9.17) is 5.73 Å². The summed E-state index contributed by atoms with van der Waals surface area (Å²) in [6.07, 6.45) is -2.52. The maximum atomic E-state index is 12.7. The van der Waals surface area contributed by atoms with E-state index < -0.39 is 12.7 Å². The molecule has 0 aliphatic heterocycles. The Kier molecular flexibility index (Phi) is 4.16. The Bertz CT molecular complexity index is 410. The molecule has 0 heterocycles. The van der Waals surface area contributed by atoms with Crippen LogP contribution in [0.3, 0.4) is 0 Å². The molecular weight excluding hydrogens is 253 g/mol. The molecule has 1 aromatic rings. The Morgan fingerprint density at radius 3 is 2.26 bits per heavy atom. The minimum Gasteiger partial charge on any atom is -0.329 e. The second-order valence-corrected chi connectivity index (χ2v) is 5.18. The molecule has 1 aliphatic rings. The summed E-state index contributed by atoms with van der Waals surface area (Å²) < 4.78 is 38.1. The van der Waals surface area contributed by atoms with Gasteiger partial charge in [0.05, 0.1) is 6.54 Å². The predicted molar refractivity (Wildman–Crippen MR) is 68.8 cm³/mol. The molecule has 0 radical (unpaired) electrons. The van der Waals surface area contributed by atoms with Gasteiger partial charge in [-0.25, -0.2) is 0 Å². The molecule has 2 N–H and O–H groups in total. The molecule has 19 heavy (non-hydrogen) atoms. The average Bonchev–Trinajstić information content (AvgIpc) is 3.13. The number of aryl methyl sites for hydroxylation is 1. The van der Waals surface area contributed by atoms with Crippen molar-refractivity contribution in [2.75, 3.05) is 13.1 Å². The van der Waals surface area contributed by atoms with E-state index in [9.17, 15) is 13.2 Å². The molecule has 1 unspecified atom stereocenters. The third kappa shape index (κ3) is 3.94. The van der Waals surface area contributed by atoms with Crippen molar-refractivity contribution in [1.82, 2.24) is 4.90 Å². The van der Waals surface area contributed by atoms with Crippen molar-refractivity contribution in [3.8, 4) is 0 Å². The Morgan fingerprint density at radius 2 is 1.84 bits per heavy atom. The van der Waals surface area contributed by atoms with Crippen molar-refractivity contribution >= 4 is 0 Å². The van der Waals surface area contributed by atoms with Crippen molar-refractivity contribution in [2.45, 2.75) is 38.0 Å². The number of halogens is 3. The molecule has 0 amide bonds. The van der Waals surface area contributed by atoms with Gasteiger partial charge in [0.1, 0.15) is 0 Å². The highest BCUT2D eigenvalue weighted by atomic mass is 19.4. The zero-order valence-electron chi connectivity index (χ0n) is 11.0. The number of alkyl halides is 3. The summed E-state index contributed by atoms with van der Waals surface area (Å²) in [6, 6.07) is 7.25. The maximum Gasteiger partial charge on any atom is 0.401 e. The van der Waals surface area contributed by atoms with Gasteiger partial charge in [-0.15, -0.1) is 0 Å². The van der Waals surface area contributed by atoms with E-state index in [1.54, 1.807) is 0 Å². The van der Waals surface area contributed by atoms with Crippen molar-refractivity contribution in [3.63, 3.8) is 0 Å². The molecule has 1 aliphatic carbocycles. The van der Waals surface area contributed by atoms with Crippen LogP contribution in [-0.4, -0.2) is 30.2 Å². The topological polar surface area (TPSA) is 29.3 Å². The molecule has 1 atom stereocenters. The number of nitrogens with two attached hydrogens (primary N) is 1. The van der Waals surface area contributed by atoms with E-state index in [2.05, 4.69) is 0 Å². The largest absolute Gasteiger partial charge is 0.401 e. The molecule has 0 saturated heterocycles. The minimum atomic E-state index is -4.18. The summed E-state index contributed by atoms with van der Waals surface area (Å²) in [5, 5.41) is 0. The van der Waals surface area contributed by atoms with Gasteiger partial charge >= 0.3 is 6.18 Å². The van der Waals surface area contributed by atoms with E-state index in [1.807, 2.05) is 31.2 Å². The lowest BCUT2D eigenvalue weighted by Crippen LogP contribution is -2.41. The minimum absolute atomic E-state index is 0.0245. The van der Waals surface area contributed by atoms with E-state index >= 15 is 0 Å². The second-order valence-electron chi connectivity index (χ2n) is 5.18. The summed E-state index contributed by atoms with van der Waals surface area (Å²) >= 11 is 0. The van der Waals surface area contributed by atoms with Crippen LogP contribution in [0.1, 0.15) is 30.0 Å². The highest BCUT2D eigenvalue weighted by Gasteiger charge is 2.41. The fourth-order valence-electron chi connectivity index (χ4n) is 2.36. The van der Waals surface area contributed by atoms with Gasteiger partial charge in [-0.1, -0.05) is 29.8 Å². The quantitative estimate of drug-likeness (QED) is 0.892. The summed E-state index contributed by atoms with van der Waals surface area (Å²) in [5.41, 5.74) is 7.68. The van der Waals surface area contributed by atoms with Crippen molar-refractivity contribution in [3.05, 3.63) is 35.4 Å². The number of rotatable bonds is 5. The summed E-state index contributed by atoms with van der Waals surface area (Å²) in [7, 11) is 0. The highest BCUT2D eigenvalue weighted by molar-refractivity contribution is 5.25. The van der Waals surface area contributed by atoms with E-state index in [0.717, 1.165) is 24.0 Å². The number of nitrogens with zero attached hydrogens (tertiary/aromatic N) is 1. The third-order valence-corrected chi connectivity index (χ3v) is 3.46. The van der Waals surface area contributed by atoms with Crippen LogP contribution in [0.5, 0.6) is 0 Å². The van der Waals surface area contributed by atoms with Gasteiger partial charge in [0.2, 0.25) is 0 Å². The molecule has 1 fully saturated rings. The Labute approximate surface area is 111 Å². The van der Waals surface area contributed by atoms with Gasteiger partial charge < -0.3 is 5.73 Å². The van der Waals surface area contributed by atoms with Gasteiger partial charge in [-0.2, -0.15) is 13.2 Å². The van der Waals surface area contributed by atoms with Gasteiger partial charge in [0.25, 0.3) is 0 Å². The van der Waals surface area contributed by atoms with E-state index in [-0.39, 0.29) is 18.6 Å². The van der Waals surface area contributed by atoms with Crippen molar-refractivity contribution in [1.29, 1.82) is 0 Å². The van der Waals surface area contributed by atoms with Gasteiger partial charge in [0.15, 0.2) is 0 Å². The smallest absolute Gasteiger partial charge is 0.329 e. The second kappa shape index (κ2) is 5.51. The summed E-state index contributed by atoms with van der Waals surface area (Å²) in [4.78, 5) is 1.50. The first-order valence-corrected chi connectivity index (χ1v) is 6.50. The molecule has 2 rings (SSSR count). The Balaban J connectivity index is 2.19. The summed E-state index contributed by atoms with van der Waals surface area (Å²) in [5.74, 6) is 0. The van der Waals surface area contributed by atoms with Crippen molar-refractivity contribution in [2.24, 2.45) is 5.73 Å². The number of hydrogen-bond donors (Lipinski definition) is 1. The maximum absolute atomic E-state index is 12.7. The molecule has 5 heteroatoms. The molecular formula is C14H19F3N2. The summed E-state index contributed by atoms with van der Waals surface area (Å²) in [6.45, 7) is 1.28. The first-order chi connectivity index (χ1) is 8.90. The van der Waals surface area contributed by atoms with Gasteiger partial charge in [-0.05, 0) is 25.3 Å². The lowest BCUT2D eigenvalue weighted by atomic mass is 10.0. The fourth-order valence-corrected chi connectivity index (χ4v) is 2.36. The number of hydrogen-bond acceptors (Lipinski definition) is 2. The highest BCUT2D eigenvalue weighted by Crippen LogP contribution is 2.36. The van der Waals surface area contributed by atoms with Crippen LogP contribution in [0.4, 0.5) is 13.2 Å². The molecule has 2 nitrogen and oxygen atoms in total. The van der Waals surface area contributed by atoms with Gasteiger partial charge in [0, 0.05) is 18.6 Å². The zero-order valence-corrected chi connectivity index (χ0v) is 11.0. The predicted octanol–water partition coefficient (Wildman–Crippen LogP) is 3.02. The van der Waals surface area contributed by atoms with Crippen LogP contribution in [0.2, 0.25) is 0 Å². The standard InChI is InChI=1S/C14H19F3N2/c1-10-2-4-11(5-3-10)13(8-18)19(12-6-7-12)9-14(15,16)17/h2-5,12-13H,6-9,18H2,1H3. The average molecular weight is 272 g/mol. The molecule has 106 valence electrons. The third-order valence-electron chi connectivity index (χ3n) is 3.46. The molecule has 1 aromatic carbocycles. The lowest BCUT2D eigenvalue weighted by Gasteiger charge is -2.32. The van der Waals surface area contributed by atoms with Crippen LogP contribution >= 0.6 is 0 Å². The van der Waals surface area contributed by atoms with Crippen LogP contribution in [0, 0.1) is 6.92 Å². The van der Waals surface area contributed by atoms with Crippen LogP contribution < -0.4 is 5.73 Å². The first-order valence-electron chi connectivity index (χ1n) is 6.50. The molecule has 0 aromatic heterocycles.